The van der Waals surface area contributed by atoms with E-state index in [1.54, 1.807) is 6.07 Å². The van der Waals surface area contributed by atoms with E-state index >= 15 is 0 Å². The number of anilines is 1. The molecule has 0 radical (unpaired) electrons. The lowest BCUT2D eigenvalue weighted by Gasteiger charge is -2.09. The Labute approximate surface area is 113 Å². The molecule has 1 heterocycles. The summed E-state index contributed by atoms with van der Waals surface area (Å²) in [5.41, 5.74) is 1.45. The van der Waals surface area contributed by atoms with E-state index in [9.17, 15) is 8.42 Å². The number of aryl methyl sites for hydroxylation is 1. The van der Waals surface area contributed by atoms with Gasteiger partial charge in [0.1, 0.15) is 4.90 Å². The molecule has 0 unspecified atom stereocenters. The van der Waals surface area contributed by atoms with Crippen LogP contribution >= 0.6 is 22.6 Å². The molecule has 0 aliphatic carbocycles. The first-order valence-electron chi connectivity index (χ1n) is 4.77. The average Bonchev–Trinajstić information content (AvgIpc) is 2.76. The van der Waals surface area contributed by atoms with E-state index in [-0.39, 0.29) is 4.90 Å². The Morgan fingerprint density at radius 1 is 1.41 bits per heavy atom. The highest BCUT2D eigenvalue weighted by Crippen LogP contribution is 2.20. The van der Waals surface area contributed by atoms with E-state index in [1.165, 1.54) is 12.4 Å². The van der Waals surface area contributed by atoms with Crippen molar-refractivity contribution < 1.29 is 8.42 Å². The fourth-order valence-electron chi connectivity index (χ4n) is 1.33. The minimum atomic E-state index is -3.55. The monoisotopic (exact) mass is 363 g/mol. The molecule has 2 N–H and O–H groups in total. The van der Waals surface area contributed by atoms with Crippen LogP contribution in [0.5, 0.6) is 0 Å². The highest BCUT2D eigenvalue weighted by molar-refractivity contribution is 14.1. The molecule has 0 atom stereocenters. The number of nitrogens with one attached hydrogen (secondary N) is 2. The molecule has 0 saturated carbocycles. The minimum Gasteiger partial charge on any atom is -0.284 e. The lowest BCUT2D eigenvalue weighted by atomic mass is 10.2. The van der Waals surface area contributed by atoms with Gasteiger partial charge in [0.2, 0.25) is 0 Å². The second-order valence-corrected chi connectivity index (χ2v) is 6.43. The van der Waals surface area contributed by atoms with E-state index in [2.05, 4.69) is 37.5 Å². The molecule has 0 aliphatic rings. The molecule has 0 bridgehead atoms. The molecule has 0 aliphatic heterocycles. The Hall–Kier alpha value is -1.09. The van der Waals surface area contributed by atoms with Crippen LogP contribution in [-0.4, -0.2) is 18.6 Å². The number of sulfonamides is 1. The van der Waals surface area contributed by atoms with Crippen molar-refractivity contribution in [2.75, 3.05) is 4.72 Å². The van der Waals surface area contributed by atoms with Gasteiger partial charge in [-0.1, -0.05) is 0 Å². The van der Waals surface area contributed by atoms with Crippen molar-refractivity contribution in [1.29, 1.82) is 0 Å². The van der Waals surface area contributed by atoms with E-state index in [0.29, 0.717) is 5.69 Å². The number of aromatic nitrogens is 2. The van der Waals surface area contributed by atoms with Crippen molar-refractivity contribution in [1.82, 2.24) is 10.2 Å². The normalized spacial score (nSPS) is 11.4. The predicted molar refractivity (Wildman–Crippen MR) is 73.3 cm³/mol. The lowest BCUT2D eigenvalue weighted by molar-refractivity contribution is 0.601. The molecule has 2 aromatic rings. The van der Waals surface area contributed by atoms with Gasteiger partial charge in [-0.15, -0.1) is 0 Å². The fraction of sp³-hybridized carbons (Fsp3) is 0.100. The topological polar surface area (TPSA) is 74.8 Å². The van der Waals surface area contributed by atoms with Gasteiger partial charge in [0.15, 0.2) is 0 Å². The number of hydrogen-bond donors (Lipinski definition) is 2. The second-order valence-electron chi connectivity index (χ2n) is 3.50. The van der Waals surface area contributed by atoms with Crippen LogP contribution in [0, 0.1) is 10.5 Å². The van der Waals surface area contributed by atoms with Gasteiger partial charge in [-0.25, -0.2) is 8.42 Å². The van der Waals surface area contributed by atoms with E-state index in [4.69, 9.17) is 0 Å². The van der Waals surface area contributed by atoms with Crippen LogP contribution in [0.15, 0.2) is 35.5 Å². The molecule has 17 heavy (non-hydrogen) atoms. The number of hydrogen-bond acceptors (Lipinski definition) is 3. The fourth-order valence-corrected chi connectivity index (χ4v) is 3.01. The molecule has 0 fully saturated rings. The Bertz CT molecular complexity index is 623. The Morgan fingerprint density at radius 2 is 2.18 bits per heavy atom. The third-order valence-corrected chi connectivity index (χ3v) is 4.22. The van der Waals surface area contributed by atoms with Gasteiger partial charge in [-0.3, -0.25) is 9.82 Å². The van der Waals surface area contributed by atoms with Crippen molar-refractivity contribution in [3.05, 3.63) is 39.7 Å². The molecule has 2 rings (SSSR count). The number of aromatic amines is 1. The van der Waals surface area contributed by atoms with Crippen molar-refractivity contribution in [3.63, 3.8) is 0 Å². The summed E-state index contributed by atoms with van der Waals surface area (Å²) >= 11 is 2.18. The van der Waals surface area contributed by atoms with E-state index in [1.807, 2.05) is 19.1 Å². The molecule has 5 nitrogen and oxygen atoms in total. The standard InChI is InChI=1S/C10H10IN3O2S/c1-7-4-8(11)2-3-10(7)14-17(15,16)9-5-12-13-6-9/h2-6,14H,1H3,(H,12,13). The maximum Gasteiger partial charge on any atom is 0.265 e. The maximum atomic E-state index is 11.9. The molecule has 0 saturated heterocycles. The zero-order chi connectivity index (χ0) is 12.5. The zero-order valence-electron chi connectivity index (χ0n) is 8.94. The van der Waals surface area contributed by atoms with Crippen LogP contribution in [0.1, 0.15) is 5.56 Å². The highest BCUT2D eigenvalue weighted by Gasteiger charge is 2.16. The van der Waals surface area contributed by atoms with Gasteiger partial charge in [0.05, 0.1) is 11.9 Å². The van der Waals surface area contributed by atoms with Gasteiger partial charge >= 0.3 is 0 Å². The highest BCUT2D eigenvalue weighted by atomic mass is 127. The SMILES string of the molecule is Cc1cc(I)ccc1NS(=O)(=O)c1cn[nH]c1. The van der Waals surface area contributed by atoms with Crippen molar-refractivity contribution in [3.8, 4) is 0 Å². The van der Waals surface area contributed by atoms with Gasteiger partial charge in [-0.2, -0.15) is 5.10 Å². The molecule has 7 heteroatoms. The second kappa shape index (κ2) is 4.65. The Kier molecular flexibility index (Phi) is 3.38. The molecular formula is C10H10IN3O2S. The van der Waals surface area contributed by atoms with E-state index in [0.717, 1.165) is 9.13 Å². The van der Waals surface area contributed by atoms with Gasteiger partial charge < -0.3 is 0 Å². The zero-order valence-corrected chi connectivity index (χ0v) is 11.9. The van der Waals surface area contributed by atoms with Crippen molar-refractivity contribution in [2.24, 2.45) is 0 Å². The average molecular weight is 363 g/mol. The van der Waals surface area contributed by atoms with E-state index < -0.39 is 10.0 Å². The molecular weight excluding hydrogens is 353 g/mol. The first-order valence-corrected chi connectivity index (χ1v) is 7.33. The van der Waals surface area contributed by atoms with Gasteiger partial charge in [0, 0.05) is 9.77 Å². The summed E-state index contributed by atoms with van der Waals surface area (Å²) in [5.74, 6) is 0. The van der Waals surface area contributed by atoms with Crippen molar-refractivity contribution >= 4 is 38.3 Å². The summed E-state index contributed by atoms with van der Waals surface area (Å²) in [7, 11) is -3.55. The van der Waals surface area contributed by atoms with Crippen LogP contribution in [0.3, 0.4) is 0 Å². The molecule has 1 aromatic carbocycles. The van der Waals surface area contributed by atoms with Crippen LogP contribution in [0.4, 0.5) is 5.69 Å². The van der Waals surface area contributed by atoms with Crippen LogP contribution in [0.2, 0.25) is 0 Å². The summed E-state index contributed by atoms with van der Waals surface area (Å²) in [6.07, 6.45) is 2.61. The molecule has 1 aromatic heterocycles. The summed E-state index contributed by atoms with van der Waals surface area (Å²) in [6, 6.07) is 5.50. The summed E-state index contributed by atoms with van der Waals surface area (Å²) in [6.45, 7) is 1.86. The Balaban J connectivity index is 2.33. The smallest absolute Gasteiger partial charge is 0.265 e. The minimum absolute atomic E-state index is 0.121. The molecule has 0 amide bonds. The van der Waals surface area contributed by atoms with Crippen LogP contribution in [0.25, 0.3) is 0 Å². The third kappa shape index (κ3) is 2.78. The molecule has 90 valence electrons. The maximum absolute atomic E-state index is 11.9. The van der Waals surface area contributed by atoms with Gasteiger partial charge in [0.25, 0.3) is 10.0 Å². The summed E-state index contributed by atoms with van der Waals surface area (Å²) in [4.78, 5) is 0.121. The summed E-state index contributed by atoms with van der Waals surface area (Å²) in [5, 5.41) is 6.10. The van der Waals surface area contributed by atoms with Crippen molar-refractivity contribution in [2.45, 2.75) is 11.8 Å². The van der Waals surface area contributed by atoms with Gasteiger partial charge in [-0.05, 0) is 53.3 Å². The third-order valence-electron chi connectivity index (χ3n) is 2.22. The first kappa shape index (κ1) is 12.4. The number of benzene rings is 1. The molecule has 0 spiro atoms. The quantitative estimate of drug-likeness (QED) is 0.821. The summed E-state index contributed by atoms with van der Waals surface area (Å²) < 4.78 is 27.4. The number of nitrogens with zero attached hydrogens (tertiary/aromatic N) is 1. The van der Waals surface area contributed by atoms with Crippen LogP contribution < -0.4 is 4.72 Å². The number of halogens is 1. The lowest BCUT2D eigenvalue weighted by Crippen LogP contribution is -2.13. The Morgan fingerprint density at radius 3 is 2.76 bits per heavy atom. The number of rotatable bonds is 3. The largest absolute Gasteiger partial charge is 0.284 e. The van der Waals surface area contributed by atoms with Crippen LogP contribution in [-0.2, 0) is 10.0 Å². The first-order chi connectivity index (χ1) is 7.99. The number of H-pyrrole nitrogens is 1. The predicted octanol–water partition coefficient (Wildman–Crippen LogP) is 2.12.